The van der Waals surface area contributed by atoms with Gasteiger partial charge in [0.25, 0.3) is 0 Å². The van der Waals surface area contributed by atoms with Crippen molar-refractivity contribution in [3.8, 4) is 0 Å². The summed E-state index contributed by atoms with van der Waals surface area (Å²) in [6.45, 7) is 6.24. The van der Waals surface area contributed by atoms with Gasteiger partial charge in [0.05, 0.1) is 6.04 Å². The smallest absolute Gasteiger partial charge is 0.220 e. The van der Waals surface area contributed by atoms with Crippen molar-refractivity contribution in [2.75, 3.05) is 0 Å². The molecule has 1 atom stereocenters. The molecule has 0 fully saturated rings. The average molecular weight is 313 g/mol. The molecule has 0 saturated carbocycles. The second-order valence-corrected chi connectivity index (χ2v) is 6.24. The van der Waals surface area contributed by atoms with E-state index in [-0.39, 0.29) is 17.8 Å². The van der Waals surface area contributed by atoms with E-state index < -0.39 is 0 Å². The van der Waals surface area contributed by atoms with Crippen LogP contribution in [-0.2, 0) is 11.2 Å². The van der Waals surface area contributed by atoms with Gasteiger partial charge < -0.3 is 5.32 Å². The SMILES string of the molecule is CC(C)c1ccc(CCC(=O)NC(C)c2ccc(F)cc2)cc1. The minimum absolute atomic E-state index is 0.00904. The normalized spacial score (nSPS) is 12.2. The molecule has 0 aliphatic heterocycles. The van der Waals surface area contributed by atoms with Crippen LogP contribution < -0.4 is 5.32 Å². The molecule has 23 heavy (non-hydrogen) atoms. The zero-order chi connectivity index (χ0) is 16.8. The van der Waals surface area contributed by atoms with E-state index in [0.29, 0.717) is 12.3 Å². The van der Waals surface area contributed by atoms with Crippen molar-refractivity contribution >= 4 is 5.91 Å². The Bertz CT molecular complexity index is 632. The molecule has 2 nitrogen and oxygen atoms in total. The van der Waals surface area contributed by atoms with Crippen LogP contribution in [0.15, 0.2) is 48.5 Å². The first kappa shape index (κ1) is 17.2. The van der Waals surface area contributed by atoms with Gasteiger partial charge in [0.15, 0.2) is 0 Å². The molecular weight excluding hydrogens is 289 g/mol. The molecule has 1 unspecified atom stereocenters. The summed E-state index contributed by atoms with van der Waals surface area (Å²) < 4.78 is 12.9. The lowest BCUT2D eigenvalue weighted by molar-refractivity contribution is -0.121. The molecule has 1 amide bonds. The number of hydrogen-bond donors (Lipinski definition) is 1. The van der Waals surface area contributed by atoms with E-state index in [0.717, 1.165) is 12.0 Å². The van der Waals surface area contributed by atoms with Gasteiger partial charge in [-0.25, -0.2) is 4.39 Å². The highest BCUT2D eigenvalue weighted by atomic mass is 19.1. The Morgan fingerprint density at radius 3 is 2.09 bits per heavy atom. The number of carbonyl (C=O) groups excluding carboxylic acids is 1. The Labute approximate surface area is 137 Å². The van der Waals surface area contributed by atoms with Gasteiger partial charge in [-0.05, 0) is 48.1 Å². The molecule has 3 heteroatoms. The monoisotopic (exact) mass is 313 g/mol. The summed E-state index contributed by atoms with van der Waals surface area (Å²) in [5.41, 5.74) is 3.38. The predicted molar refractivity (Wildman–Crippen MR) is 91.8 cm³/mol. The highest BCUT2D eigenvalue weighted by Crippen LogP contribution is 2.16. The van der Waals surface area contributed by atoms with Crippen LogP contribution in [0.3, 0.4) is 0 Å². The van der Waals surface area contributed by atoms with Gasteiger partial charge in [-0.1, -0.05) is 50.2 Å². The number of amides is 1. The van der Waals surface area contributed by atoms with Crippen LogP contribution in [0.4, 0.5) is 4.39 Å². The highest BCUT2D eigenvalue weighted by molar-refractivity contribution is 5.76. The number of hydrogen-bond acceptors (Lipinski definition) is 1. The minimum atomic E-state index is -0.267. The summed E-state index contributed by atoms with van der Waals surface area (Å²) in [4.78, 5) is 12.1. The van der Waals surface area contributed by atoms with Gasteiger partial charge >= 0.3 is 0 Å². The van der Waals surface area contributed by atoms with E-state index in [1.807, 2.05) is 6.92 Å². The third-order valence-corrected chi connectivity index (χ3v) is 4.03. The van der Waals surface area contributed by atoms with E-state index in [1.165, 1.54) is 23.3 Å². The Morgan fingerprint density at radius 1 is 0.957 bits per heavy atom. The average Bonchev–Trinajstić information content (AvgIpc) is 2.54. The molecule has 0 spiro atoms. The molecule has 0 heterocycles. The number of nitrogens with one attached hydrogen (secondary N) is 1. The minimum Gasteiger partial charge on any atom is -0.350 e. The quantitative estimate of drug-likeness (QED) is 0.818. The molecule has 0 bridgehead atoms. The van der Waals surface area contributed by atoms with Gasteiger partial charge in [0.1, 0.15) is 5.82 Å². The van der Waals surface area contributed by atoms with Crippen molar-refractivity contribution in [1.82, 2.24) is 5.32 Å². The van der Waals surface area contributed by atoms with Gasteiger partial charge in [0, 0.05) is 6.42 Å². The molecule has 0 radical (unpaired) electrons. The van der Waals surface area contributed by atoms with Crippen LogP contribution in [-0.4, -0.2) is 5.91 Å². The summed E-state index contributed by atoms with van der Waals surface area (Å²) in [6.07, 6.45) is 1.17. The topological polar surface area (TPSA) is 29.1 Å². The number of carbonyl (C=O) groups is 1. The molecule has 0 aliphatic carbocycles. The van der Waals surface area contributed by atoms with Gasteiger partial charge in [-0.15, -0.1) is 0 Å². The fraction of sp³-hybridized carbons (Fsp3) is 0.350. The number of aryl methyl sites for hydroxylation is 1. The van der Waals surface area contributed by atoms with Crippen LogP contribution in [0.25, 0.3) is 0 Å². The van der Waals surface area contributed by atoms with Crippen LogP contribution in [0.1, 0.15) is 55.8 Å². The molecule has 1 N–H and O–H groups in total. The maximum absolute atomic E-state index is 12.9. The van der Waals surface area contributed by atoms with Crippen molar-refractivity contribution in [1.29, 1.82) is 0 Å². The van der Waals surface area contributed by atoms with Crippen molar-refractivity contribution in [3.63, 3.8) is 0 Å². The van der Waals surface area contributed by atoms with Crippen LogP contribution in [0.2, 0.25) is 0 Å². The van der Waals surface area contributed by atoms with E-state index in [4.69, 9.17) is 0 Å². The second kappa shape index (κ2) is 7.91. The summed E-state index contributed by atoms with van der Waals surface area (Å²) in [5.74, 6) is 0.260. The lowest BCUT2D eigenvalue weighted by Crippen LogP contribution is -2.26. The fourth-order valence-corrected chi connectivity index (χ4v) is 2.48. The highest BCUT2D eigenvalue weighted by Gasteiger charge is 2.10. The van der Waals surface area contributed by atoms with Gasteiger partial charge in [-0.2, -0.15) is 0 Å². The van der Waals surface area contributed by atoms with E-state index in [1.54, 1.807) is 12.1 Å². The predicted octanol–water partition coefficient (Wildman–Crippen LogP) is 4.76. The zero-order valence-corrected chi connectivity index (χ0v) is 14.0. The van der Waals surface area contributed by atoms with Crippen molar-refractivity contribution in [2.24, 2.45) is 0 Å². The Morgan fingerprint density at radius 2 is 1.52 bits per heavy atom. The van der Waals surface area contributed by atoms with Gasteiger partial charge in [-0.3, -0.25) is 4.79 Å². The van der Waals surface area contributed by atoms with E-state index in [9.17, 15) is 9.18 Å². The van der Waals surface area contributed by atoms with Crippen LogP contribution in [0.5, 0.6) is 0 Å². The lowest BCUT2D eigenvalue weighted by Gasteiger charge is -2.14. The number of benzene rings is 2. The molecule has 0 saturated heterocycles. The van der Waals surface area contributed by atoms with E-state index >= 15 is 0 Å². The van der Waals surface area contributed by atoms with Gasteiger partial charge in [0.2, 0.25) is 5.91 Å². The Kier molecular flexibility index (Phi) is 5.91. The summed E-state index contributed by atoms with van der Waals surface area (Å²) >= 11 is 0. The molecule has 2 aromatic rings. The Balaban J connectivity index is 1.83. The first-order valence-electron chi connectivity index (χ1n) is 8.09. The zero-order valence-electron chi connectivity index (χ0n) is 14.0. The maximum Gasteiger partial charge on any atom is 0.220 e. The van der Waals surface area contributed by atoms with Crippen LogP contribution >= 0.6 is 0 Å². The first-order valence-corrected chi connectivity index (χ1v) is 8.09. The van der Waals surface area contributed by atoms with Crippen molar-refractivity contribution < 1.29 is 9.18 Å². The largest absolute Gasteiger partial charge is 0.350 e. The molecule has 0 aliphatic rings. The van der Waals surface area contributed by atoms with Crippen molar-refractivity contribution in [2.45, 2.75) is 45.6 Å². The first-order chi connectivity index (χ1) is 11.0. The molecule has 122 valence electrons. The fourth-order valence-electron chi connectivity index (χ4n) is 2.48. The number of halogens is 1. The molecule has 2 rings (SSSR count). The van der Waals surface area contributed by atoms with Crippen molar-refractivity contribution in [3.05, 3.63) is 71.0 Å². The summed E-state index contributed by atoms with van der Waals surface area (Å²) in [5, 5.41) is 2.95. The lowest BCUT2D eigenvalue weighted by atomic mass is 10.00. The number of rotatable bonds is 6. The Hall–Kier alpha value is -2.16. The summed E-state index contributed by atoms with van der Waals surface area (Å²) in [7, 11) is 0. The summed E-state index contributed by atoms with van der Waals surface area (Å²) in [6, 6.07) is 14.5. The second-order valence-electron chi connectivity index (χ2n) is 6.24. The maximum atomic E-state index is 12.9. The third-order valence-electron chi connectivity index (χ3n) is 4.03. The molecule has 0 aromatic heterocycles. The third kappa shape index (κ3) is 5.20. The molecule has 2 aromatic carbocycles. The standard InChI is InChI=1S/C20H24FNO/c1-14(2)17-7-4-16(5-8-17)6-13-20(23)22-15(3)18-9-11-19(21)12-10-18/h4-5,7-12,14-15H,6,13H2,1-3H3,(H,22,23). The van der Waals surface area contributed by atoms with Crippen LogP contribution in [0, 0.1) is 5.82 Å². The van der Waals surface area contributed by atoms with E-state index in [2.05, 4.69) is 43.4 Å². The molecular formula is C20H24FNO.